The van der Waals surface area contributed by atoms with Gasteiger partial charge in [-0.05, 0) is 36.4 Å². The molecule has 0 saturated carbocycles. The summed E-state index contributed by atoms with van der Waals surface area (Å²) in [6, 6.07) is 7.33. The van der Waals surface area contributed by atoms with Gasteiger partial charge in [-0.3, -0.25) is 0 Å². The maximum Gasteiger partial charge on any atom is 0.349 e. The summed E-state index contributed by atoms with van der Waals surface area (Å²) in [6.45, 7) is 0.771. The van der Waals surface area contributed by atoms with E-state index >= 15 is 0 Å². The van der Waals surface area contributed by atoms with Crippen molar-refractivity contribution in [3.63, 3.8) is 0 Å². The number of benzene rings is 1. The Bertz CT molecular complexity index is 875. The number of nitrogens with zero attached hydrogens (tertiary/aromatic N) is 1. The van der Waals surface area contributed by atoms with Crippen LogP contribution in [-0.2, 0) is 14.8 Å². The molecule has 2 aromatic rings. The smallest absolute Gasteiger partial charge is 0.349 e. The summed E-state index contributed by atoms with van der Waals surface area (Å²) in [7, 11) is -3.69. The molecule has 0 radical (unpaired) electrons. The van der Waals surface area contributed by atoms with Gasteiger partial charge in [0.15, 0.2) is 11.6 Å². The number of sulfonamides is 1. The monoisotopic (exact) mass is 399 g/mol. The van der Waals surface area contributed by atoms with Crippen LogP contribution in [0.2, 0.25) is 0 Å². The van der Waals surface area contributed by atoms with E-state index in [0.717, 1.165) is 24.2 Å². The zero-order valence-electron chi connectivity index (χ0n) is 13.9. The SMILES string of the molecule is O=C(OCCOc1ccccc1F)c1sccc1S(=O)(=O)N1CCCC1. The standard InChI is InChI=1S/C17H18FNO5S2/c18-13-5-1-2-6-14(13)23-10-11-24-17(20)16-15(7-12-25-16)26(21,22)19-8-3-4-9-19/h1-2,5-7,12H,3-4,8-11H2. The average Bonchev–Trinajstić information content (AvgIpc) is 3.31. The van der Waals surface area contributed by atoms with Crippen LogP contribution in [0.5, 0.6) is 5.75 Å². The van der Waals surface area contributed by atoms with Gasteiger partial charge in [0, 0.05) is 13.1 Å². The van der Waals surface area contributed by atoms with Crippen LogP contribution in [0.3, 0.4) is 0 Å². The summed E-state index contributed by atoms with van der Waals surface area (Å²) >= 11 is 1.02. The topological polar surface area (TPSA) is 72.9 Å². The molecule has 1 fully saturated rings. The predicted octanol–water partition coefficient (Wildman–Crippen LogP) is 2.91. The highest BCUT2D eigenvalue weighted by Crippen LogP contribution is 2.28. The van der Waals surface area contributed by atoms with E-state index in [1.165, 1.54) is 22.5 Å². The van der Waals surface area contributed by atoms with Crippen molar-refractivity contribution in [1.82, 2.24) is 4.31 Å². The fraction of sp³-hybridized carbons (Fsp3) is 0.353. The molecule has 1 aromatic heterocycles. The molecule has 0 bridgehead atoms. The number of esters is 1. The number of ether oxygens (including phenoxy) is 2. The van der Waals surface area contributed by atoms with Gasteiger partial charge in [0.05, 0.1) is 0 Å². The molecule has 1 saturated heterocycles. The van der Waals surface area contributed by atoms with E-state index in [2.05, 4.69) is 0 Å². The first-order valence-corrected chi connectivity index (χ1v) is 10.4. The third-order valence-electron chi connectivity index (χ3n) is 3.91. The molecule has 1 aliphatic heterocycles. The summed E-state index contributed by atoms with van der Waals surface area (Å²) in [5, 5.41) is 1.55. The minimum absolute atomic E-state index is 0.0237. The van der Waals surface area contributed by atoms with Crippen molar-refractivity contribution in [2.24, 2.45) is 0 Å². The second-order valence-corrected chi connectivity index (χ2v) is 8.46. The lowest BCUT2D eigenvalue weighted by Crippen LogP contribution is -2.28. The van der Waals surface area contributed by atoms with E-state index in [4.69, 9.17) is 9.47 Å². The number of thiophene rings is 1. The third kappa shape index (κ3) is 4.05. The predicted molar refractivity (Wildman–Crippen MR) is 94.5 cm³/mol. The maximum atomic E-state index is 13.4. The van der Waals surface area contributed by atoms with E-state index in [-0.39, 0.29) is 28.7 Å². The fourth-order valence-electron chi connectivity index (χ4n) is 2.63. The first-order valence-electron chi connectivity index (χ1n) is 8.12. The highest BCUT2D eigenvalue weighted by Gasteiger charge is 2.32. The van der Waals surface area contributed by atoms with E-state index < -0.39 is 21.8 Å². The van der Waals surface area contributed by atoms with Crippen LogP contribution < -0.4 is 4.74 Å². The summed E-state index contributed by atoms with van der Waals surface area (Å²) in [4.78, 5) is 12.3. The lowest BCUT2D eigenvalue weighted by Gasteiger charge is -2.15. The van der Waals surface area contributed by atoms with Gasteiger partial charge in [0.1, 0.15) is 23.0 Å². The number of carbonyl (C=O) groups is 1. The van der Waals surface area contributed by atoms with Gasteiger partial charge in [-0.25, -0.2) is 17.6 Å². The third-order valence-corrected chi connectivity index (χ3v) is 6.87. The molecule has 0 aliphatic carbocycles. The highest BCUT2D eigenvalue weighted by atomic mass is 32.2. The minimum atomic E-state index is -3.69. The summed E-state index contributed by atoms with van der Waals surface area (Å²) in [6.07, 6.45) is 1.63. The number of hydrogen-bond donors (Lipinski definition) is 0. The number of para-hydroxylation sites is 1. The largest absolute Gasteiger partial charge is 0.487 e. The van der Waals surface area contributed by atoms with Crippen molar-refractivity contribution in [2.45, 2.75) is 17.7 Å². The lowest BCUT2D eigenvalue weighted by molar-refractivity contribution is 0.0450. The Morgan fingerprint density at radius 2 is 1.88 bits per heavy atom. The Morgan fingerprint density at radius 1 is 1.15 bits per heavy atom. The van der Waals surface area contributed by atoms with Crippen LogP contribution in [0.4, 0.5) is 4.39 Å². The second kappa shape index (κ2) is 8.15. The lowest BCUT2D eigenvalue weighted by atomic mass is 10.3. The van der Waals surface area contributed by atoms with Crippen LogP contribution >= 0.6 is 11.3 Å². The van der Waals surface area contributed by atoms with Crippen LogP contribution in [0.15, 0.2) is 40.6 Å². The normalized spacial score (nSPS) is 15.1. The van der Waals surface area contributed by atoms with Crippen molar-refractivity contribution >= 4 is 27.3 Å². The Kier molecular flexibility index (Phi) is 5.90. The van der Waals surface area contributed by atoms with E-state index in [0.29, 0.717) is 13.1 Å². The second-order valence-electron chi connectivity index (χ2n) is 5.64. The Morgan fingerprint density at radius 3 is 2.62 bits per heavy atom. The molecule has 1 aliphatic rings. The van der Waals surface area contributed by atoms with Gasteiger partial charge < -0.3 is 9.47 Å². The van der Waals surface area contributed by atoms with Gasteiger partial charge in [-0.15, -0.1) is 11.3 Å². The molecule has 0 spiro atoms. The Balaban J connectivity index is 1.59. The van der Waals surface area contributed by atoms with Crippen molar-refractivity contribution in [1.29, 1.82) is 0 Å². The van der Waals surface area contributed by atoms with Crippen LogP contribution in [0.25, 0.3) is 0 Å². The first kappa shape index (κ1) is 18.8. The number of hydrogen-bond acceptors (Lipinski definition) is 6. The highest BCUT2D eigenvalue weighted by molar-refractivity contribution is 7.89. The quantitative estimate of drug-likeness (QED) is 0.529. The molecular formula is C17H18FNO5S2. The molecule has 1 aromatic carbocycles. The molecular weight excluding hydrogens is 381 g/mol. The molecule has 9 heteroatoms. The van der Waals surface area contributed by atoms with Crippen LogP contribution in [0.1, 0.15) is 22.5 Å². The zero-order valence-corrected chi connectivity index (χ0v) is 15.5. The van der Waals surface area contributed by atoms with Gasteiger partial charge in [0.2, 0.25) is 10.0 Å². The van der Waals surface area contributed by atoms with Crippen molar-refractivity contribution in [2.75, 3.05) is 26.3 Å². The van der Waals surface area contributed by atoms with E-state index in [1.807, 2.05) is 0 Å². The Labute approximate surface area is 155 Å². The summed E-state index contributed by atoms with van der Waals surface area (Å²) in [5.74, 6) is -1.16. The molecule has 6 nitrogen and oxygen atoms in total. The van der Waals surface area contributed by atoms with E-state index in [1.54, 1.807) is 17.5 Å². The van der Waals surface area contributed by atoms with Crippen LogP contribution in [-0.4, -0.2) is 45.0 Å². The van der Waals surface area contributed by atoms with E-state index in [9.17, 15) is 17.6 Å². The van der Waals surface area contributed by atoms with Gasteiger partial charge >= 0.3 is 5.97 Å². The number of halogens is 1. The maximum absolute atomic E-state index is 13.4. The first-order chi connectivity index (χ1) is 12.5. The molecule has 26 heavy (non-hydrogen) atoms. The molecule has 0 atom stereocenters. The average molecular weight is 399 g/mol. The van der Waals surface area contributed by atoms with Gasteiger partial charge in [-0.1, -0.05) is 12.1 Å². The molecule has 2 heterocycles. The molecule has 0 amide bonds. The number of carbonyl (C=O) groups excluding carboxylic acids is 1. The summed E-state index contributed by atoms with van der Waals surface area (Å²) < 4.78 is 50.4. The van der Waals surface area contributed by atoms with Crippen molar-refractivity contribution < 1.29 is 27.1 Å². The van der Waals surface area contributed by atoms with Crippen molar-refractivity contribution in [3.05, 3.63) is 46.4 Å². The summed E-state index contributed by atoms with van der Waals surface area (Å²) in [5.41, 5.74) is 0. The van der Waals surface area contributed by atoms with Gasteiger partial charge in [-0.2, -0.15) is 4.31 Å². The molecule has 0 N–H and O–H groups in total. The minimum Gasteiger partial charge on any atom is -0.487 e. The van der Waals surface area contributed by atoms with Gasteiger partial charge in [0.25, 0.3) is 0 Å². The Hall–Kier alpha value is -1.97. The van der Waals surface area contributed by atoms with Crippen molar-refractivity contribution in [3.8, 4) is 5.75 Å². The molecule has 0 unspecified atom stereocenters. The number of rotatable bonds is 7. The molecule has 3 rings (SSSR count). The molecule has 140 valence electrons. The van der Waals surface area contributed by atoms with Crippen LogP contribution in [0, 0.1) is 5.82 Å². The zero-order chi connectivity index (χ0) is 18.6. The fourth-order valence-corrected chi connectivity index (χ4v) is 5.43.